The van der Waals surface area contributed by atoms with E-state index in [0.29, 0.717) is 44.2 Å². The van der Waals surface area contributed by atoms with Crippen LogP contribution in [0.3, 0.4) is 0 Å². The van der Waals surface area contributed by atoms with Crippen molar-refractivity contribution in [2.45, 2.75) is 83.2 Å². The van der Waals surface area contributed by atoms with Crippen molar-refractivity contribution >= 4 is 11.9 Å². The van der Waals surface area contributed by atoms with Crippen LogP contribution in [0.4, 0.5) is 4.79 Å². The first kappa shape index (κ1) is 20.4. The minimum atomic E-state index is 0.0227. The molecular weight excluding hydrogens is 340 g/mol. The van der Waals surface area contributed by atoms with E-state index in [1.165, 1.54) is 64.2 Å². The standard InChI is InChI=1S/C21H38N4O2/c1-2-22-21(27)24-15-13-23(14-16-24)17-20(26)25(18-9-5-3-6-10-18)19-11-7-4-8-12-19/h18-19H,2-17H2,1H3,(H,22,27). The lowest BCUT2D eigenvalue weighted by Crippen LogP contribution is -2.56. The summed E-state index contributed by atoms with van der Waals surface area (Å²) in [5.74, 6) is 0.334. The van der Waals surface area contributed by atoms with E-state index in [4.69, 9.17) is 0 Å². The summed E-state index contributed by atoms with van der Waals surface area (Å²) in [7, 11) is 0. The fourth-order valence-corrected chi connectivity index (χ4v) is 5.07. The number of piperazine rings is 1. The van der Waals surface area contributed by atoms with Crippen molar-refractivity contribution in [2.24, 2.45) is 0 Å². The third-order valence-corrected chi connectivity index (χ3v) is 6.57. The molecule has 3 rings (SSSR count). The molecule has 27 heavy (non-hydrogen) atoms. The molecule has 2 aliphatic carbocycles. The predicted octanol–water partition coefficient (Wildman–Crippen LogP) is 2.83. The Hall–Kier alpha value is -1.30. The first-order valence-corrected chi connectivity index (χ1v) is 11.3. The van der Waals surface area contributed by atoms with Gasteiger partial charge >= 0.3 is 6.03 Å². The van der Waals surface area contributed by atoms with Crippen molar-refractivity contribution in [3.8, 4) is 0 Å². The Bertz CT molecular complexity index is 461. The van der Waals surface area contributed by atoms with E-state index >= 15 is 0 Å². The molecule has 1 aliphatic heterocycles. The molecule has 2 saturated carbocycles. The van der Waals surface area contributed by atoms with E-state index in [2.05, 4.69) is 15.1 Å². The van der Waals surface area contributed by atoms with Gasteiger partial charge in [0.2, 0.25) is 5.91 Å². The fourth-order valence-electron chi connectivity index (χ4n) is 5.07. The number of nitrogens with zero attached hydrogens (tertiary/aromatic N) is 3. The molecule has 1 heterocycles. The van der Waals surface area contributed by atoms with Crippen LogP contribution in [0.2, 0.25) is 0 Å². The van der Waals surface area contributed by atoms with E-state index in [1.807, 2.05) is 11.8 Å². The Morgan fingerprint density at radius 2 is 1.37 bits per heavy atom. The fraction of sp³-hybridized carbons (Fsp3) is 0.905. The largest absolute Gasteiger partial charge is 0.338 e. The first-order valence-electron chi connectivity index (χ1n) is 11.3. The van der Waals surface area contributed by atoms with Crippen molar-refractivity contribution in [1.29, 1.82) is 0 Å². The molecule has 3 aliphatic rings. The summed E-state index contributed by atoms with van der Waals surface area (Å²) in [5.41, 5.74) is 0. The SMILES string of the molecule is CCNC(=O)N1CCN(CC(=O)N(C2CCCCC2)C2CCCCC2)CC1. The number of urea groups is 1. The zero-order valence-electron chi connectivity index (χ0n) is 17.1. The Balaban J connectivity index is 1.55. The quantitative estimate of drug-likeness (QED) is 0.800. The monoisotopic (exact) mass is 378 g/mol. The van der Waals surface area contributed by atoms with Crippen molar-refractivity contribution in [3.63, 3.8) is 0 Å². The normalized spacial score (nSPS) is 23.2. The molecule has 3 amide bonds. The van der Waals surface area contributed by atoms with Gasteiger partial charge in [-0.25, -0.2) is 4.79 Å². The highest BCUT2D eigenvalue weighted by molar-refractivity contribution is 5.79. The Morgan fingerprint density at radius 1 is 0.852 bits per heavy atom. The molecule has 0 aromatic heterocycles. The highest BCUT2D eigenvalue weighted by Crippen LogP contribution is 2.30. The second-order valence-electron chi connectivity index (χ2n) is 8.48. The summed E-state index contributed by atoms with van der Waals surface area (Å²) in [6.45, 7) is 6.15. The first-order chi connectivity index (χ1) is 13.2. The average molecular weight is 379 g/mol. The number of hydrogen-bond donors (Lipinski definition) is 1. The molecule has 3 fully saturated rings. The van der Waals surface area contributed by atoms with E-state index in [1.54, 1.807) is 0 Å². The molecular formula is C21H38N4O2. The van der Waals surface area contributed by atoms with Gasteiger partial charge in [-0.2, -0.15) is 0 Å². The summed E-state index contributed by atoms with van der Waals surface area (Å²) in [5, 5.41) is 2.87. The van der Waals surface area contributed by atoms with Gasteiger partial charge in [0, 0.05) is 44.8 Å². The molecule has 0 unspecified atom stereocenters. The van der Waals surface area contributed by atoms with E-state index in [9.17, 15) is 9.59 Å². The van der Waals surface area contributed by atoms with Crippen LogP contribution in [0.15, 0.2) is 0 Å². The summed E-state index contributed by atoms with van der Waals surface area (Å²) >= 11 is 0. The number of amides is 3. The molecule has 0 spiro atoms. The number of rotatable bonds is 5. The third kappa shape index (κ3) is 5.59. The molecule has 6 nitrogen and oxygen atoms in total. The average Bonchev–Trinajstić information content (AvgIpc) is 2.70. The summed E-state index contributed by atoms with van der Waals surface area (Å²) in [4.78, 5) is 31.7. The topological polar surface area (TPSA) is 55.9 Å². The van der Waals surface area contributed by atoms with Gasteiger partial charge in [0.25, 0.3) is 0 Å². The third-order valence-electron chi connectivity index (χ3n) is 6.57. The van der Waals surface area contributed by atoms with Gasteiger partial charge in [-0.1, -0.05) is 38.5 Å². The van der Waals surface area contributed by atoms with Gasteiger partial charge in [0.1, 0.15) is 0 Å². The lowest BCUT2D eigenvalue weighted by Gasteiger charge is -2.43. The van der Waals surface area contributed by atoms with Crippen LogP contribution in [-0.4, -0.2) is 78.0 Å². The maximum Gasteiger partial charge on any atom is 0.317 e. The number of hydrogen-bond acceptors (Lipinski definition) is 3. The minimum absolute atomic E-state index is 0.0227. The van der Waals surface area contributed by atoms with E-state index < -0.39 is 0 Å². The lowest BCUT2D eigenvalue weighted by molar-refractivity contribution is -0.139. The van der Waals surface area contributed by atoms with Crippen LogP contribution in [0.25, 0.3) is 0 Å². The molecule has 1 N–H and O–H groups in total. The molecule has 0 aromatic carbocycles. The van der Waals surface area contributed by atoms with Crippen LogP contribution in [0.5, 0.6) is 0 Å². The van der Waals surface area contributed by atoms with E-state index in [-0.39, 0.29) is 6.03 Å². The molecule has 154 valence electrons. The Labute approximate surface area is 164 Å². The predicted molar refractivity (Wildman–Crippen MR) is 108 cm³/mol. The number of carbonyl (C=O) groups is 2. The van der Waals surface area contributed by atoms with Gasteiger partial charge < -0.3 is 15.1 Å². The van der Waals surface area contributed by atoms with Crippen molar-refractivity contribution in [2.75, 3.05) is 39.3 Å². The highest BCUT2D eigenvalue weighted by atomic mass is 16.2. The molecule has 0 aromatic rings. The zero-order valence-corrected chi connectivity index (χ0v) is 17.1. The smallest absolute Gasteiger partial charge is 0.317 e. The van der Waals surface area contributed by atoms with Crippen molar-refractivity contribution < 1.29 is 9.59 Å². The van der Waals surface area contributed by atoms with Crippen molar-refractivity contribution in [1.82, 2.24) is 20.0 Å². The molecule has 0 atom stereocenters. The zero-order chi connectivity index (χ0) is 19.1. The van der Waals surface area contributed by atoms with Gasteiger partial charge in [-0.05, 0) is 32.6 Å². The maximum absolute atomic E-state index is 13.3. The van der Waals surface area contributed by atoms with Crippen LogP contribution in [0, 0.1) is 0 Å². The van der Waals surface area contributed by atoms with Crippen LogP contribution < -0.4 is 5.32 Å². The second kappa shape index (κ2) is 10.3. The Morgan fingerprint density at radius 3 is 1.85 bits per heavy atom. The number of nitrogens with one attached hydrogen (secondary N) is 1. The van der Waals surface area contributed by atoms with E-state index in [0.717, 1.165) is 13.1 Å². The van der Waals surface area contributed by atoms with Crippen LogP contribution >= 0.6 is 0 Å². The molecule has 0 bridgehead atoms. The van der Waals surface area contributed by atoms with Gasteiger partial charge in [-0.15, -0.1) is 0 Å². The molecule has 0 radical (unpaired) electrons. The van der Waals surface area contributed by atoms with Crippen molar-refractivity contribution in [3.05, 3.63) is 0 Å². The minimum Gasteiger partial charge on any atom is -0.338 e. The van der Waals surface area contributed by atoms with Gasteiger partial charge in [0.05, 0.1) is 6.54 Å². The lowest BCUT2D eigenvalue weighted by atomic mass is 9.88. The van der Waals surface area contributed by atoms with Gasteiger partial charge in [0.15, 0.2) is 0 Å². The summed E-state index contributed by atoms with van der Waals surface area (Å²) in [6.07, 6.45) is 12.5. The summed E-state index contributed by atoms with van der Waals surface area (Å²) < 4.78 is 0. The highest BCUT2D eigenvalue weighted by Gasteiger charge is 2.33. The second-order valence-corrected chi connectivity index (χ2v) is 8.48. The Kier molecular flexibility index (Phi) is 7.80. The summed E-state index contributed by atoms with van der Waals surface area (Å²) in [6, 6.07) is 0.950. The maximum atomic E-state index is 13.3. The number of carbonyl (C=O) groups excluding carboxylic acids is 2. The molecule has 1 saturated heterocycles. The molecule has 6 heteroatoms. The van der Waals surface area contributed by atoms with Crippen LogP contribution in [0.1, 0.15) is 71.1 Å². The van der Waals surface area contributed by atoms with Crippen LogP contribution in [-0.2, 0) is 4.79 Å². The van der Waals surface area contributed by atoms with Gasteiger partial charge in [-0.3, -0.25) is 9.69 Å².